The summed E-state index contributed by atoms with van der Waals surface area (Å²) < 4.78 is 11.0. The molecule has 44 heavy (non-hydrogen) atoms. The first-order valence-corrected chi connectivity index (χ1v) is 17.6. The number of carbonyl (C=O) groups is 3. The molecule has 0 unspecified atom stereocenters. The van der Waals surface area contributed by atoms with Gasteiger partial charge in [0.05, 0.1) is 12.5 Å². The summed E-state index contributed by atoms with van der Waals surface area (Å²) in [5.41, 5.74) is 1.45. The Morgan fingerprint density at radius 2 is 1.55 bits per heavy atom. The normalized spacial score (nSPS) is 42.8. The summed E-state index contributed by atoms with van der Waals surface area (Å²) in [6.07, 6.45) is 12.7. The molecule has 0 aromatic carbocycles. The third kappa shape index (κ3) is 4.81. The van der Waals surface area contributed by atoms with Crippen molar-refractivity contribution < 1.29 is 23.9 Å². The fraction of sp³-hybridized carbons (Fsp3) is 0.868. The molecule has 6 nitrogen and oxygen atoms in total. The third-order valence-corrected chi connectivity index (χ3v) is 14.7. The number of fused-ring (bicyclic) bond motifs is 7. The molecule has 0 radical (unpaired) electrons. The summed E-state index contributed by atoms with van der Waals surface area (Å²) in [5, 5.41) is 3.22. The molecule has 5 aliphatic rings. The molecule has 0 aromatic rings. The highest BCUT2D eigenvalue weighted by Crippen LogP contribution is 2.75. The van der Waals surface area contributed by atoms with E-state index in [2.05, 4.69) is 59.9 Å². The molecular formula is C38H61NO5. The Hall–Kier alpha value is -1.85. The largest absolute Gasteiger partial charge is 0.467 e. The maximum absolute atomic E-state index is 14.5. The van der Waals surface area contributed by atoms with Crippen LogP contribution in [0.2, 0.25) is 0 Å². The van der Waals surface area contributed by atoms with Crippen molar-refractivity contribution in [3.05, 3.63) is 11.6 Å². The molecule has 1 N–H and O–H groups in total. The number of esters is 2. The number of nitrogens with one attached hydrogen (secondary N) is 1. The Kier molecular flexibility index (Phi) is 8.27. The molecule has 4 saturated carbocycles. The van der Waals surface area contributed by atoms with Crippen LogP contribution in [0, 0.1) is 56.2 Å². The topological polar surface area (TPSA) is 81.7 Å². The smallest absolute Gasteiger partial charge is 0.328 e. The molecule has 5 rings (SSSR count). The van der Waals surface area contributed by atoms with Crippen LogP contribution >= 0.6 is 0 Å². The molecule has 248 valence electrons. The first-order valence-electron chi connectivity index (χ1n) is 17.6. The lowest BCUT2D eigenvalue weighted by Gasteiger charge is -2.71. The van der Waals surface area contributed by atoms with Gasteiger partial charge in [-0.1, -0.05) is 74.0 Å². The van der Waals surface area contributed by atoms with E-state index in [4.69, 9.17) is 9.47 Å². The number of hydrogen-bond donors (Lipinski definition) is 1. The number of methoxy groups -OCH3 is 1. The molecule has 6 heteroatoms. The second-order valence-corrected chi connectivity index (χ2v) is 18.0. The van der Waals surface area contributed by atoms with Gasteiger partial charge < -0.3 is 14.8 Å². The van der Waals surface area contributed by atoms with Gasteiger partial charge in [0.1, 0.15) is 12.1 Å². The molecule has 0 bridgehead atoms. The van der Waals surface area contributed by atoms with Crippen LogP contribution in [-0.4, -0.2) is 37.1 Å². The zero-order chi connectivity index (χ0) is 32.7. The van der Waals surface area contributed by atoms with Gasteiger partial charge in [0.25, 0.3) is 0 Å². The predicted octanol–water partition coefficient (Wildman–Crippen LogP) is 8.03. The predicted molar refractivity (Wildman–Crippen MR) is 173 cm³/mol. The minimum Gasteiger partial charge on any atom is -0.467 e. The Morgan fingerprint density at radius 1 is 0.886 bits per heavy atom. The Morgan fingerprint density at radius 3 is 2.16 bits per heavy atom. The minimum atomic E-state index is -0.631. The highest BCUT2D eigenvalue weighted by atomic mass is 16.5. The van der Waals surface area contributed by atoms with Crippen LogP contribution in [0.5, 0.6) is 0 Å². The lowest BCUT2D eigenvalue weighted by molar-refractivity contribution is -0.212. The van der Waals surface area contributed by atoms with Crippen LogP contribution in [0.25, 0.3) is 0 Å². The van der Waals surface area contributed by atoms with Crippen molar-refractivity contribution in [2.24, 2.45) is 56.2 Å². The SMILES string of the molecule is COC(=O)[C@@H](NC(=O)[C@]12CCC(C)(C)C[C@@H]1C1=CC[C@@H]3[C@@]4(C)CC[C@H](OC(C)=O)C(C)(C)[C@@H]4CC[C@@]3(C)[C@]1(C)CC2)C(C)C. The first kappa shape index (κ1) is 33.5. The molecule has 0 saturated heterocycles. The first-order chi connectivity index (χ1) is 20.3. The van der Waals surface area contributed by atoms with E-state index in [0.717, 1.165) is 64.2 Å². The average Bonchev–Trinajstić information content (AvgIpc) is 2.92. The van der Waals surface area contributed by atoms with Crippen LogP contribution < -0.4 is 5.32 Å². The van der Waals surface area contributed by atoms with Crippen molar-refractivity contribution in [2.45, 2.75) is 146 Å². The van der Waals surface area contributed by atoms with Gasteiger partial charge in [0.15, 0.2) is 0 Å². The number of allylic oxidation sites excluding steroid dienone is 2. The van der Waals surface area contributed by atoms with Crippen molar-refractivity contribution >= 4 is 17.8 Å². The van der Waals surface area contributed by atoms with E-state index in [0.29, 0.717) is 11.8 Å². The molecule has 0 aliphatic heterocycles. The number of ether oxygens (including phenoxy) is 2. The summed E-state index contributed by atoms with van der Waals surface area (Å²) in [5.74, 6) is 0.706. The van der Waals surface area contributed by atoms with Gasteiger partial charge in [-0.05, 0) is 110 Å². The molecule has 5 aliphatic carbocycles. The highest BCUT2D eigenvalue weighted by Gasteiger charge is 2.69. The van der Waals surface area contributed by atoms with E-state index in [1.165, 1.54) is 12.7 Å². The van der Waals surface area contributed by atoms with Crippen LogP contribution in [0.4, 0.5) is 0 Å². The summed E-state index contributed by atoms with van der Waals surface area (Å²) in [6.45, 7) is 22.6. The zero-order valence-corrected chi connectivity index (χ0v) is 29.7. The zero-order valence-electron chi connectivity index (χ0n) is 29.7. The molecule has 0 spiro atoms. The number of amides is 1. The Bertz CT molecular complexity index is 1220. The van der Waals surface area contributed by atoms with Gasteiger partial charge in [-0.15, -0.1) is 0 Å². The van der Waals surface area contributed by atoms with E-state index in [1.54, 1.807) is 6.92 Å². The lowest BCUT2D eigenvalue weighted by Crippen LogP contribution is -2.66. The highest BCUT2D eigenvalue weighted by molar-refractivity contribution is 5.89. The molecule has 9 atom stereocenters. The fourth-order valence-corrected chi connectivity index (χ4v) is 11.9. The van der Waals surface area contributed by atoms with Crippen LogP contribution in [0.15, 0.2) is 11.6 Å². The van der Waals surface area contributed by atoms with Gasteiger partial charge in [-0.3, -0.25) is 9.59 Å². The summed E-state index contributed by atoms with van der Waals surface area (Å²) in [7, 11) is 1.41. The van der Waals surface area contributed by atoms with Gasteiger partial charge >= 0.3 is 11.9 Å². The monoisotopic (exact) mass is 611 g/mol. The maximum Gasteiger partial charge on any atom is 0.328 e. The van der Waals surface area contributed by atoms with E-state index < -0.39 is 11.5 Å². The lowest BCUT2D eigenvalue weighted by atomic mass is 9.33. The quantitative estimate of drug-likeness (QED) is 0.251. The maximum atomic E-state index is 14.5. The average molecular weight is 612 g/mol. The van der Waals surface area contributed by atoms with Crippen molar-refractivity contribution in [1.29, 1.82) is 0 Å². The molecule has 0 aromatic heterocycles. The molecular weight excluding hydrogens is 550 g/mol. The van der Waals surface area contributed by atoms with E-state index >= 15 is 0 Å². The van der Waals surface area contributed by atoms with Crippen molar-refractivity contribution in [3.8, 4) is 0 Å². The summed E-state index contributed by atoms with van der Waals surface area (Å²) in [6, 6.07) is -0.631. The fourth-order valence-electron chi connectivity index (χ4n) is 11.9. The van der Waals surface area contributed by atoms with Gasteiger partial charge in [-0.25, -0.2) is 4.79 Å². The van der Waals surface area contributed by atoms with Crippen molar-refractivity contribution in [3.63, 3.8) is 0 Å². The Balaban J connectivity index is 1.53. The number of rotatable bonds is 5. The van der Waals surface area contributed by atoms with Crippen molar-refractivity contribution in [2.75, 3.05) is 7.11 Å². The molecule has 0 heterocycles. The standard InChI is InChI=1S/C38H61NO5/c1-23(2)30(31(41)43-11)39-32(42)38-20-18-33(4,5)22-26(38)25-12-13-28-35(8)16-15-29(44-24(3)40)34(6,7)27(35)14-17-37(28,10)36(25,9)19-21-38/h12,23,26-30H,13-22H2,1-11H3,(H,39,42)/t26-,27+,28-,29+,30+,35+,36-,37-,38+/m1/s1. The van der Waals surface area contributed by atoms with Crippen LogP contribution in [0.1, 0.15) is 133 Å². The molecule has 4 fully saturated rings. The summed E-state index contributed by atoms with van der Waals surface area (Å²) in [4.78, 5) is 39.2. The van der Waals surface area contributed by atoms with E-state index in [1.807, 2.05) is 13.8 Å². The molecule has 1 amide bonds. The number of hydrogen-bond acceptors (Lipinski definition) is 5. The second kappa shape index (κ2) is 10.9. The summed E-state index contributed by atoms with van der Waals surface area (Å²) >= 11 is 0. The third-order valence-electron chi connectivity index (χ3n) is 14.7. The van der Waals surface area contributed by atoms with Crippen LogP contribution in [0.3, 0.4) is 0 Å². The van der Waals surface area contributed by atoms with Gasteiger partial charge in [-0.2, -0.15) is 0 Å². The van der Waals surface area contributed by atoms with E-state index in [9.17, 15) is 14.4 Å². The van der Waals surface area contributed by atoms with Crippen molar-refractivity contribution in [1.82, 2.24) is 5.32 Å². The number of carbonyl (C=O) groups excluding carboxylic acids is 3. The minimum absolute atomic E-state index is 0.0163. The van der Waals surface area contributed by atoms with Gasteiger partial charge in [0, 0.05) is 12.3 Å². The Labute approximate surface area is 267 Å². The van der Waals surface area contributed by atoms with E-state index in [-0.39, 0.29) is 62.9 Å². The van der Waals surface area contributed by atoms with Gasteiger partial charge in [0.2, 0.25) is 5.91 Å². The second-order valence-electron chi connectivity index (χ2n) is 18.0. The van der Waals surface area contributed by atoms with Crippen LogP contribution in [-0.2, 0) is 23.9 Å².